The van der Waals surface area contributed by atoms with Crippen molar-refractivity contribution in [3.05, 3.63) is 109 Å². The minimum Gasteiger partial charge on any atom is -0.296 e. The first-order valence-electron chi connectivity index (χ1n) is 13.2. The maximum Gasteiger partial charge on any atom is 0.162 e. The Morgan fingerprint density at radius 2 is 1.03 bits per heavy atom. The number of hydrogen-bond acceptors (Lipinski definition) is 4. The van der Waals surface area contributed by atoms with Gasteiger partial charge in [0.25, 0.3) is 0 Å². The van der Waals surface area contributed by atoms with Gasteiger partial charge in [-0.15, -0.1) is 26.3 Å². The molecule has 3 rings (SSSR count). The Morgan fingerprint density at radius 3 is 1.38 bits per heavy atom. The van der Waals surface area contributed by atoms with Gasteiger partial charge in [0.1, 0.15) is 0 Å². The summed E-state index contributed by atoms with van der Waals surface area (Å²) in [5.41, 5.74) is 6.19. The first-order valence-corrected chi connectivity index (χ1v) is 13.2. The van der Waals surface area contributed by atoms with Crippen LogP contribution in [0.3, 0.4) is 0 Å². The number of nitrogens with zero attached hydrogens (tertiary/aromatic N) is 2. The van der Waals surface area contributed by atoms with E-state index in [0.717, 1.165) is 91.9 Å². The van der Waals surface area contributed by atoms with Gasteiger partial charge in [-0.05, 0) is 66.7 Å². The van der Waals surface area contributed by atoms with Crippen LogP contribution in [0, 0.1) is 0 Å². The van der Waals surface area contributed by atoms with Gasteiger partial charge < -0.3 is 0 Å². The molecule has 4 nitrogen and oxygen atoms in total. The molecule has 1 aliphatic carbocycles. The molecule has 0 fully saturated rings. The lowest BCUT2D eigenvalue weighted by Crippen LogP contribution is -2.25. The van der Waals surface area contributed by atoms with Crippen LogP contribution in [0.15, 0.2) is 87.0 Å². The Labute approximate surface area is 222 Å². The Hall–Kier alpha value is -3.34. The molecule has 194 valence electrons. The van der Waals surface area contributed by atoms with Gasteiger partial charge in [-0.3, -0.25) is 19.4 Å². The lowest BCUT2D eigenvalue weighted by atomic mass is 9.98. The van der Waals surface area contributed by atoms with Crippen molar-refractivity contribution in [2.45, 2.75) is 32.1 Å². The normalized spacial score (nSPS) is 11.7. The molecule has 0 spiro atoms. The van der Waals surface area contributed by atoms with E-state index in [4.69, 9.17) is 0 Å². The van der Waals surface area contributed by atoms with Crippen LogP contribution in [-0.2, 0) is 6.42 Å². The van der Waals surface area contributed by atoms with Crippen LogP contribution in [0.25, 0.3) is 11.1 Å². The van der Waals surface area contributed by atoms with E-state index in [1.807, 2.05) is 48.6 Å². The standard InChI is InChI=1S/C33H40N2O2/c1-5-17-34(18-6-2)21-9-11-32(36)26-13-15-30-28(23-26)25-29-24-27(14-16-31(29)30)33(37)12-10-22-35(19-7-3)20-8-4/h5-8,13-16,23-24H,1-4,9-12,17-22,25H2. The maximum absolute atomic E-state index is 12.9. The van der Waals surface area contributed by atoms with Crippen molar-refractivity contribution in [1.29, 1.82) is 0 Å². The summed E-state index contributed by atoms with van der Waals surface area (Å²) >= 11 is 0. The second-order valence-electron chi connectivity index (χ2n) is 9.65. The van der Waals surface area contributed by atoms with Crippen molar-refractivity contribution < 1.29 is 9.59 Å². The number of hydrogen-bond donors (Lipinski definition) is 0. The summed E-state index contributed by atoms with van der Waals surface area (Å²) in [4.78, 5) is 30.2. The van der Waals surface area contributed by atoms with Crippen LogP contribution >= 0.6 is 0 Å². The first-order chi connectivity index (χ1) is 18.0. The average molecular weight is 497 g/mol. The molecule has 2 aromatic carbocycles. The number of carbonyl (C=O) groups excluding carboxylic acids is 2. The van der Waals surface area contributed by atoms with Crippen LogP contribution < -0.4 is 0 Å². The number of carbonyl (C=O) groups is 2. The summed E-state index contributed by atoms with van der Waals surface area (Å²) in [7, 11) is 0. The third kappa shape index (κ3) is 7.82. The molecule has 0 saturated heterocycles. The monoisotopic (exact) mass is 496 g/mol. The Morgan fingerprint density at radius 1 is 0.649 bits per heavy atom. The van der Waals surface area contributed by atoms with E-state index in [1.54, 1.807) is 0 Å². The molecule has 0 bridgehead atoms. The van der Waals surface area contributed by atoms with E-state index < -0.39 is 0 Å². The van der Waals surface area contributed by atoms with Gasteiger partial charge in [0.15, 0.2) is 11.6 Å². The fourth-order valence-corrected chi connectivity index (χ4v) is 5.02. The molecule has 1 aliphatic rings. The Bertz CT molecular complexity index is 1040. The number of ketones is 2. The average Bonchev–Trinajstić information content (AvgIpc) is 3.26. The van der Waals surface area contributed by atoms with E-state index >= 15 is 0 Å². The fourth-order valence-electron chi connectivity index (χ4n) is 5.02. The zero-order valence-electron chi connectivity index (χ0n) is 22.1. The third-order valence-corrected chi connectivity index (χ3v) is 6.83. The molecular formula is C33H40N2O2. The minimum atomic E-state index is 0.175. The molecule has 4 heteroatoms. The molecule has 0 N–H and O–H groups in total. The van der Waals surface area contributed by atoms with Gasteiger partial charge >= 0.3 is 0 Å². The summed E-state index contributed by atoms with van der Waals surface area (Å²) in [6.45, 7) is 20.1. The molecule has 0 aliphatic heterocycles. The topological polar surface area (TPSA) is 40.6 Å². The summed E-state index contributed by atoms with van der Waals surface area (Å²) in [5.74, 6) is 0.350. The largest absolute Gasteiger partial charge is 0.296 e. The minimum absolute atomic E-state index is 0.175. The van der Waals surface area contributed by atoms with Crippen molar-refractivity contribution in [2.24, 2.45) is 0 Å². The van der Waals surface area contributed by atoms with Gasteiger partial charge in [0, 0.05) is 50.1 Å². The lowest BCUT2D eigenvalue weighted by Gasteiger charge is -2.18. The summed E-state index contributed by atoms with van der Waals surface area (Å²) in [6, 6.07) is 12.1. The van der Waals surface area contributed by atoms with Gasteiger partial charge in [-0.1, -0.05) is 48.6 Å². The highest BCUT2D eigenvalue weighted by Gasteiger charge is 2.21. The van der Waals surface area contributed by atoms with Crippen molar-refractivity contribution in [3.8, 4) is 11.1 Å². The molecule has 0 saturated carbocycles. The molecule has 0 radical (unpaired) electrons. The van der Waals surface area contributed by atoms with Gasteiger partial charge in [-0.2, -0.15) is 0 Å². The van der Waals surface area contributed by atoms with Crippen LogP contribution in [0.1, 0.15) is 57.5 Å². The molecule has 2 aromatic rings. The van der Waals surface area contributed by atoms with Crippen molar-refractivity contribution in [3.63, 3.8) is 0 Å². The molecule has 0 atom stereocenters. The Balaban J connectivity index is 1.58. The summed E-state index contributed by atoms with van der Waals surface area (Å²) in [5, 5.41) is 0. The molecular weight excluding hydrogens is 456 g/mol. The molecule has 0 aromatic heterocycles. The SMILES string of the molecule is C=CCN(CC=C)CCCC(=O)c1ccc2c(c1)Cc1cc(C(=O)CCCN(CC=C)CC=C)ccc1-2. The lowest BCUT2D eigenvalue weighted by molar-refractivity contribution is 0.0968. The second-order valence-corrected chi connectivity index (χ2v) is 9.65. The van der Waals surface area contributed by atoms with Crippen molar-refractivity contribution in [2.75, 3.05) is 39.3 Å². The zero-order valence-corrected chi connectivity index (χ0v) is 22.1. The van der Waals surface area contributed by atoms with E-state index in [-0.39, 0.29) is 11.6 Å². The fraction of sp³-hybridized carbons (Fsp3) is 0.333. The third-order valence-electron chi connectivity index (χ3n) is 6.83. The molecule has 0 amide bonds. The predicted octanol–water partition coefficient (Wildman–Crippen LogP) is 6.53. The number of rotatable bonds is 18. The van der Waals surface area contributed by atoms with Gasteiger partial charge in [0.2, 0.25) is 0 Å². The maximum atomic E-state index is 12.9. The number of Topliss-reactive ketones (excluding diaryl/α,β-unsaturated/α-hetero) is 2. The smallest absolute Gasteiger partial charge is 0.162 e. The van der Waals surface area contributed by atoms with Crippen LogP contribution in [0.2, 0.25) is 0 Å². The quantitative estimate of drug-likeness (QED) is 0.148. The van der Waals surface area contributed by atoms with Crippen molar-refractivity contribution >= 4 is 11.6 Å². The van der Waals surface area contributed by atoms with Crippen LogP contribution in [0.5, 0.6) is 0 Å². The summed E-state index contributed by atoms with van der Waals surface area (Å²) < 4.78 is 0. The summed E-state index contributed by atoms with van der Waals surface area (Å²) in [6.07, 6.45) is 10.9. The Kier molecular flexibility index (Phi) is 11.0. The van der Waals surface area contributed by atoms with Crippen LogP contribution in [0.4, 0.5) is 0 Å². The number of fused-ring (bicyclic) bond motifs is 3. The van der Waals surface area contributed by atoms with E-state index in [0.29, 0.717) is 12.8 Å². The number of benzene rings is 2. The predicted molar refractivity (Wildman–Crippen MR) is 155 cm³/mol. The first kappa shape index (κ1) is 28.2. The van der Waals surface area contributed by atoms with E-state index in [1.165, 1.54) is 0 Å². The second kappa shape index (κ2) is 14.4. The highest BCUT2D eigenvalue weighted by molar-refractivity contribution is 5.99. The highest BCUT2D eigenvalue weighted by Crippen LogP contribution is 2.37. The van der Waals surface area contributed by atoms with Gasteiger partial charge in [0.05, 0.1) is 0 Å². The van der Waals surface area contributed by atoms with Crippen molar-refractivity contribution in [1.82, 2.24) is 9.80 Å². The zero-order chi connectivity index (χ0) is 26.6. The highest BCUT2D eigenvalue weighted by atomic mass is 16.1. The molecule has 0 heterocycles. The van der Waals surface area contributed by atoms with E-state index in [2.05, 4.69) is 48.2 Å². The van der Waals surface area contributed by atoms with Gasteiger partial charge in [-0.25, -0.2) is 0 Å². The molecule has 0 unspecified atom stereocenters. The van der Waals surface area contributed by atoms with E-state index in [9.17, 15) is 9.59 Å². The van der Waals surface area contributed by atoms with Crippen LogP contribution in [-0.4, -0.2) is 60.6 Å². The molecule has 37 heavy (non-hydrogen) atoms.